The first-order valence-electron chi connectivity index (χ1n) is 10.9. The number of nitrogens with zero attached hydrogens (tertiary/aromatic N) is 1. The molecule has 0 bridgehead atoms. The third-order valence-electron chi connectivity index (χ3n) is 5.66. The molecule has 0 aromatic heterocycles. The molecule has 2 aromatic carbocycles. The summed E-state index contributed by atoms with van der Waals surface area (Å²) in [7, 11) is -3.59. The molecule has 2 aliphatic rings. The van der Waals surface area contributed by atoms with E-state index in [0.29, 0.717) is 41.5 Å². The first kappa shape index (κ1) is 23.1. The van der Waals surface area contributed by atoms with Crippen LogP contribution in [0.15, 0.2) is 41.3 Å². The molecule has 2 aliphatic heterocycles. The van der Waals surface area contributed by atoms with Crippen LogP contribution in [0.2, 0.25) is 0 Å². The first-order valence-corrected chi connectivity index (χ1v) is 12.4. The maximum Gasteiger partial charge on any atom is 0.243 e. The average Bonchev–Trinajstić information content (AvgIpc) is 3.07. The van der Waals surface area contributed by atoms with Crippen molar-refractivity contribution < 1.29 is 27.5 Å². The number of ketones is 1. The zero-order valence-corrected chi connectivity index (χ0v) is 19.2. The highest BCUT2D eigenvalue weighted by Gasteiger charge is 2.25. The Balaban J connectivity index is 1.43. The Kier molecular flexibility index (Phi) is 6.85. The second-order valence-corrected chi connectivity index (χ2v) is 9.99. The van der Waals surface area contributed by atoms with E-state index in [-0.39, 0.29) is 24.0 Å². The van der Waals surface area contributed by atoms with Crippen molar-refractivity contribution in [3.8, 4) is 11.5 Å². The number of fused-ring (bicyclic) bond motifs is 1. The van der Waals surface area contributed by atoms with E-state index in [1.165, 1.54) is 17.3 Å². The highest BCUT2D eigenvalue weighted by Crippen LogP contribution is 2.37. The number of rotatable bonds is 7. The largest absolute Gasteiger partial charge is 0.454 e. The predicted octanol–water partition coefficient (Wildman–Crippen LogP) is 3.23. The van der Waals surface area contributed by atoms with Gasteiger partial charge in [0.15, 0.2) is 17.3 Å². The topological polar surface area (TPSA) is 114 Å². The number of hydrogen-bond acceptors (Lipinski definition) is 7. The molecular formula is C23H27N3O6S. The molecule has 1 amide bonds. The van der Waals surface area contributed by atoms with Crippen molar-refractivity contribution in [2.24, 2.45) is 0 Å². The molecule has 176 valence electrons. The summed E-state index contributed by atoms with van der Waals surface area (Å²) in [5, 5.41) is 5.67. The van der Waals surface area contributed by atoms with Gasteiger partial charge in [0.25, 0.3) is 0 Å². The molecule has 0 atom stereocenters. The minimum Gasteiger partial charge on any atom is -0.454 e. The van der Waals surface area contributed by atoms with E-state index in [4.69, 9.17) is 9.47 Å². The van der Waals surface area contributed by atoms with Crippen molar-refractivity contribution in [1.82, 2.24) is 4.31 Å². The minimum absolute atomic E-state index is 0.0578. The Morgan fingerprint density at radius 3 is 2.39 bits per heavy atom. The van der Waals surface area contributed by atoms with Gasteiger partial charge < -0.3 is 20.1 Å². The number of amides is 1. The van der Waals surface area contributed by atoms with E-state index in [9.17, 15) is 18.0 Å². The molecule has 10 heteroatoms. The van der Waals surface area contributed by atoms with Gasteiger partial charge in [0.05, 0.1) is 17.1 Å². The Hall–Kier alpha value is -3.11. The quantitative estimate of drug-likeness (QED) is 0.594. The van der Waals surface area contributed by atoms with Crippen LogP contribution in [0.3, 0.4) is 0 Å². The van der Waals surface area contributed by atoms with Gasteiger partial charge in [-0.3, -0.25) is 9.59 Å². The van der Waals surface area contributed by atoms with E-state index < -0.39 is 15.9 Å². The lowest BCUT2D eigenvalue weighted by atomic mass is 10.1. The van der Waals surface area contributed by atoms with Gasteiger partial charge in [-0.15, -0.1) is 0 Å². The third kappa shape index (κ3) is 5.28. The summed E-state index contributed by atoms with van der Waals surface area (Å²) in [6.07, 6.45) is 3.80. The maximum atomic E-state index is 13.0. The summed E-state index contributed by atoms with van der Waals surface area (Å²) in [4.78, 5) is 24.7. The number of anilines is 2. The third-order valence-corrected chi connectivity index (χ3v) is 7.55. The normalized spacial score (nSPS) is 16.2. The van der Waals surface area contributed by atoms with Gasteiger partial charge >= 0.3 is 0 Å². The summed E-state index contributed by atoms with van der Waals surface area (Å²) in [5.41, 5.74) is 1.16. The summed E-state index contributed by atoms with van der Waals surface area (Å²) in [6, 6.07) is 9.56. The summed E-state index contributed by atoms with van der Waals surface area (Å²) >= 11 is 0. The van der Waals surface area contributed by atoms with Crippen LogP contribution in [-0.4, -0.2) is 50.8 Å². The highest BCUT2D eigenvalue weighted by molar-refractivity contribution is 7.89. The van der Waals surface area contributed by atoms with Gasteiger partial charge in [0, 0.05) is 30.4 Å². The lowest BCUT2D eigenvalue weighted by molar-refractivity contribution is -0.114. The molecule has 0 radical (unpaired) electrons. The summed E-state index contributed by atoms with van der Waals surface area (Å²) in [6.45, 7) is 2.40. The van der Waals surface area contributed by atoms with Gasteiger partial charge in [0.1, 0.15) is 0 Å². The van der Waals surface area contributed by atoms with Gasteiger partial charge in [-0.1, -0.05) is 18.9 Å². The monoisotopic (exact) mass is 473 g/mol. The number of sulfonamides is 1. The summed E-state index contributed by atoms with van der Waals surface area (Å²) in [5.74, 6) is 0.300. The lowest BCUT2D eigenvalue weighted by Crippen LogP contribution is -2.32. The van der Waals surface area contributed by atoms with Crippen LogP contribution in [-0.2, 0) is 14.8 Å². The zero-order valence-electron chi connectivity index (χ0n) is 18.4. The molecule has 1 saturated heterocycles. The van der Waals surface area contributed by atoms with Crippen LogP contribution in [0.25, 0.3) is 0 Å². The van der Waals surface area contributed by atoms with Crippen LogP contribution in [0.1, 0.15) is 43.0 Å². The maximum absolute atomic E-state index is 13.0. The molecule has 0 saturated carbocycles. The number of nitrogens with one attached hydrogen (secondary N) is 2. The number of hydrogen-bond donors (Lipinski definition) is 2. The molecule has 4 rings (SSSR count). The van der Waals surface area contributed by atoms with E-state index in [1.807, 2.05) is 0 Å². The molecule has 0 unspecified atom stereocenters. The van der Waals surface area contributed by atoms with E-state index >= 15 is 0 Å². The lowest BCUT2D eigenvalue weighted by Gasteiger charge is -2.20. The van der Waals surface area contributed by atoms with Crippen molar-refractivity contribution in [2.75, 3.05) is 37.1 Å². The number of ether oxygens (including phenoxy) is 2. The number of Topliss-reactive ketones (excluding diaryl/α,β-unsaturated/α-hetero) is 1. The van der Waals surface area contributed by atoms with Crippen molar-refractivity contribution in [3.63, 3.8) is 0 Å². The Bertz CT molecular complexity index is 1160. The van der Waals surface area contributed by atoms with Gasteiger partial charge in [-0.05, 0) is 44.0 Å². The van der Waals surface area contributed by atoms with Crippen molar-refractivity contribution in [3.05, 3.63) is 42.0 Å². The fourth-order valence-corrected chi connectivity index (χ4v) is 5.47. The second-order valence-electron chi connectivity index (χ2n) is 8.06. The molecule has 2 heterocycles. The van der Waals surface area contributed by atoms with Crippen LogP contribution in [0.5, 0.6) is 11.5 Å². The molecule has 9 nitrogen and oxygen atoms in total. The van der Waals surface area contributed by atoms with Gasteiger partial charge in [0.2, 0.25) is 22.7 Å². The number of carbonyl (C=O) groups excluding carboxylic acids is 2. The molecule has 2 aromatic rings. The molecular weight excluding hydrogens is 446 g/mol. The second kappa shape index (κ2) is 9.80. The zero-order chi connectivity index (χ0) is 23.4. The Labute approximate surface area is 193 Å². The Morgan fingerprint density at radius 1 is 1.00 bits per heavy atom. The molecule has 1 fully saturated rings. The molecule has 0 spiro atoms. The molecule has 2 N–H and O–H groups in total. The first-order chi connectivity index (χ1) is 15.8. The highest BCUT2D eigenvalue weighted by atomic mass is 32.2. The molecule has 0 aliphatic carbocycles. The predicted molar refractivity (Wildman–Crippen MR) is 123 cm³/mol. The van der Waals surface area contributed by atoms with Crippen LogP contribution >= 0.6 is 0 Å². The van der Waals surface area contributed by atoms with Crippen molar-refractivity contribution >= 4 is 33.1 Å². The average molecular weight is 474 g/mol. The fourth-order valence-electron chi connectivity index (χ4n) is 3.91. The minimum atomic E-state index is -3.59. The van der Waals surface area contributed by atoms with Crippen molar-refractivity contribution in [1.29, 1.82) is 0 Å². The van der Waals surface area contributed by atoms with E-state index in [0.717, 1.165) is 25.7 Å². The summed E-state index contributed by atoms with van der Waals surface area (Å²) < 4.78 is 38.2. The number of carbonyl (C=O) groups is 2. The van der Waals surface area contributed by atoms with Crippen LogP contribution in [0, 0.1) is 0 Å². The molecule has 33 heavy (non-hydrogen) atoms. The van der Waals surface area contributed by atoms with Crippen LogP contribution < -0.4 is 20.1 Å². The van der Waals surface area contributed by atoms with E-state index in [1.54, 1.807) is 30.3 Å². The number of benzene rings is 2. The van der Waals surface area contributed by atoms with Gasteiger partial charge in [-0.25, -0.2) is 8.42 Å². The fraction of sp³-hybridized carbons (Fsp3) is 0.391. The smallest absolute Gasteiger partial charge is 0.243 e. The Morgan fingerprint density at radius 2 is 1.70 bits per heavy atom. The van der Waals surface area contributed by atoms with E-state index in [2.05, 4.69) is 10.6 Å². The SMILES string of the molecule is CC(=O)c1cc2c(cc1NC(=O)CNc1cccc(S(=O)(=O)N3CCCCCC3)c1)OCO2. The van der Waals surface area contributed by atoms with Crippen molar-refractivity contribution in [2.45, 2.75) is 37.5 Å². The standard InChI is InChI=1S/C23H27N3O6S/c1-16(27)19-12-21-22(32-15-31-21)13-20(19)25-23(28)14-24-17-7-6-8-18(11-17)33(29,30)26-9-4-2-3-5-10-26/h6-8,11-13,24H,2-5,9-10,14-15H2,1H3,(H,25,28). The van der Waals surface area contributed by atoms with Crippen LogP contribution in [0.4, 0.5) is 11.4 Å². The van der Waals surface area contributed by atoms with Gasteiger partial charge in [-0.2, -0.15) is 4.31 Å².